The van der Waals surface area contributed by atoms with E-state index in [0.29, 0.717) is 0 Å². The lowest BCUT2D eigenvalue weighted by Crippen LogP contribution is -2.43. The van der Waals surface area contributed by atoms with Crippen molar-refractivity contribution in [1.82, 2.24) is 0 Å². The van der Waals surface area contributed by atoms with Crippen molar-refractivity contribution in [2.75, 3.05) is 4.90 Å². The van der Waals surface area contributed by atoms with Gasteiger partial charge in [0.1, 0.15) is 0 Å². The Balaban J connectivity index is 1.03. The smallest absolute Gasteiger partial charge is 0.0725 e. The van der Waals surface area contributed by atoms with Crippen LogP contribution in [0.3, 0.4) is 0 Å². The highest BCUT2D eigenvalue weighted by atomic mass is 15.1. The molecule has 0 amide bonds. The summed E-state index contributed by atoms with van der Waals surface area (Å²) in [5.74, 6) is 0. The minimum atomic E-state index is -0.649. The molecule has 0 heterocycles. The van der Waals surface area contributed by atoms with E-state index in [9.17, 15) is 0 Å². The van der Waals surface area contributed by atoms with E-state index < -0.39 is 10.8 Å². The summed E-state index contributed by atoms with van der Waals surface area (Å²) >= 11 is 0. The molecule has 1 heteroatoms. The van der Waals surface area contributed by atoms with Crippen LogP contribution in [0.2, 0.25) is 0 Å². The summed E-state index contributed by atoms with van der Waals surface area (Å²) in [5.41, 5.74) is 23.6. The number of benzene rings is 10. The summed E-state index contributed by atoms with van der Waals surface area (Å²) in [6.07, 6.45) is 6.29. The molecule has 0 saturated carbocycles. The average Bonchev–Trinajstić information content (AvgIpc) is 3.89. The predicted molar refractivity (Wildman–Crippen MR) is 288 cm³/mol. The number of nitrogens with zero attached hydrogens (tertiary/aromatic N) is 1. The fraction of sp³-hybridized carbons (Fsp3) is 0.0294. The van der Waals surface area contributed by atoms with Crippen LogP contribution in [-0.4, -0.2) is 0 Å². The van der Waals surface area contributed by atoms with Crippen molar-refractivity contribution >= 4 is 28.2 Å². The van der Waals surface area contributed by atoms with E-state index in [0.717, 1.165) is 17.1 Å². The van der Waals surface area contributed by atoms with E-state index in [1.807, 2.05) is 6.08 Å². The molecule has 2 spiro atoms. The molecule has 0 fully saturated rings. The van der Waals surface area contributed by atoms with Crippen LogP contribution in [0.15, 0.2) is 280 Å². The predicted octanol–water partition coefficient (Wildman–Crippen LogP) is 17.2. The molecular formula is C68H47N. The van der Waals surface area contributed by atoms with Crippen molar-refractivity contribution in [1.29, 1.82) is 0 Å². The van der Waals surface area contributed by atoms with Crippen molar-refractivity contribution in [2.24, 2.45) is 0 Å². The Bertz CT molecular complexity index is 3470. The number of hydrogen-bond acceptors (Lipinski definition) is 1. The van der Waals surface area contributed by atoms with Gasteiger partial charge in [0.05, 0.1) is 10.8 Å². The zero-order valence-electron chi connectivity index (χ0n) is 38.1. The second kappa shape index (κ2) is 16.2. The van der Waals surface area contributed by atoms with Crippen LogP contribution in [0.5, 0.6) is 0 Å². The molecular weight excluding hydrogens is 831 g/mol. The van der Waals surface area contributed by atoms with E-state index in [1.165, 1.54) is 94.6 Å². The Morgan fingerprint density at radius 2 is 0.609 bits per heavy atom. The van der Waals surface area contributed by atoms with Gasteiger partial charge in [-0.2, -0.15) is 0 Å². The Labute approximate surface area is 405 Å². The van der Waals surface area contributed by atoms with Gasteiger partial charge in [-0.15, -0.1) is 0 Å². The van der Waals surface area contributed by atoms with Crippen LogP contribution in [-0.2, 0) is 10.8 Å². The maximum Gasteiger partial charge on any atom is 0.0725 e. The topological polar surface area (TPSA) is 3.24 Å². The molecule has 0 bridgehead atoms. The fourth-order valence-corrected chi connectivity index (χ4v) is 12.3. The second-order valence-corrected chi connectivity index (χ2v) is 18.3. The molecule has 0 N–H and O–H groups in total. The zero-order chi connectivity index (χ0) is 45.9. The van der Waals surface area contributed by atoms with Crippen molar-refractivity contribution in [3.05, 3.63) is 330 Å². The average molecular weight is 878 g/mol. The summed E-state index contributed by atoms with van der Waals surface area (Å²) in [6.45, 7) is 4.16. The molecule has 0 saturated heterocycles. The van der Waals surface area contributed by atoms with Gasteiger partial charge in [0.25, 0.3) is 0 Å². The molecule has 0 unspecified atom stereocenters. The summed E-state index contributed by atoms with van der Waals surface area (Å²) in [6, 6.07) is 94.4. The molecule has 0 atom stereocenters. The molecule has 10 aromatic rings. The third kappa shape index (κ3) is 5.97. The van der Waals surface area contributed by atoms with Gasteiger partial charge in [-0.05, 0) is 131 Å². The van der Waals surface area contributed by atoms with Crippen LogP contribution in [0, 0.1) is 0 Å². The van der Waals surface area contributed by atoms with Crippen molar-refractivity contribution in [3.8, 4) is 33.4 Å². The molecule has 0 aromatic heterocycles. The number of fused-ring (bicyclic) bond motifs is 13. The van der Waals surface area contributed by atoms with E-state index in [1.54, 1.807) is 0 Å². The first kappa shape index (κ1) is 40.5. The maximum atomic E-state index is 4.16. The molecule has 324 valence electrons. The van der Waals surface area contributed by atoms with Crippen LogP contribution >= 0.6 is 0 Å². The van der Waals surface area contributed by atoms with Crippen molar-refractivity contribution in [2.45, 2.75) is 10.8 Å². The highest BCUT2D eigenvalue weighted by molar-refractivity contribution is 6.10. The van der Waals surface area contributed by atoms with Crippen LogP contribution in [0.4, 0.5) is 17.1 Å². The number of rotatable bonds is 8. The first-order valence-electron chi connectivity index (χ1n) is 24.0. The van der Waals surface area contributed by atoms with Gasteiger partial charge in [0.2, 0.25) is 0 Å². The quantitative estimate of drug-likeness (QED) is 0.138. The molecule has 3 aliphatic rings. The largest absolute Gasteiger partial charge is 0.311 e. The normalized spacial score (nSPS) is 14.3. The summed E-state index contributed by atoms with van der Waals surface area (Å²) in [4.78, 5) is 2.38. The van der Waals surface area contributed by atoms with Gasteiger partial charge in [-0.1, -0.05) is 243 Å². The first-order chi connectivity index (χ1) is 34.2. The SMILES string of the molecule is C=C/C=C\C1=C(c2ccc(N(c3ccc(-c4ccccc4)cc3)c3ccc(-c4ccccc4)cc3)cc2)C2(c3ccccc31)c1ccccc1C1(c3ccccc3-c3ccccc31)c1ccccc12. The highest BCUT2D eigenvalue weighted by Crippen LogP contribution is 2.68. The monoisotopic (exact) mass is 877 g/mol. The molecule has 10 aromatic carbocycles. The third-order valence-electron chi connectivity index (χ3n) is 15.0. The lowest BCUT2D eigenvalue weighted by Gasteiger charge is -2.49. The number of allylic oxidation sites excluding steroid dienone is 5. The third-order valence-corrected chi connectivity index (χ3v) is 15.0. The van der Waals surface area contributed by atoms with Gasteiger partial charge < -0.3 is 4.90 Å². The van der Waals surface area contributed by atoms with Gasteiger partial charge in [0.15, 0.2) is 0 Å². The summed E-state index contributed by atoms with van der Waals surface area (Å²) < 4.78 is 0. The Kier molecular flexibility index (Phi) is 9.52. The Hall–Kier alpha value is -8.78. The van der Waals surface area contributed by atoms with E-state index in [4.69, 9.17) is 0 Å². The molecule has 0 radical (unpaired) electrons. The fourth-order valence-electron chi connectivity index (χ4n) is 12.3. The zero-order valence-corrected chi connectivity index (χ0v) is 38.1. The first-order valence-corrected chi connectivity index (χ1v) is 24.0. The highest BCUT2D eigenvalue weighted by Gasteiger charge is 2.59. The van der Waals surface area contributed by atoms with Gasteiger partial charge in [0, 0.05) is 17.1 Å². The lowest BCUT2D eigenvalue weighted by molar-refractivity contribution is 0.651. The molecule has 0 aliphatic heterocycles. The van der Waals surface area contributed by atoms with Gasteiger partial charge in [-0.25, -0.2) is 0 Å². The Morgan fingerprint density at radius 3 is 1.03 bits per heavy atom. The maximum absolute atomic E-state index is 4.16. The number of hydrogen-bond donors (Lipinski definition) is 0. The molecule has 13 rings (SSSR count). The van der Waals surface area contributed by atoms with E-state index >= 15 is 0 Å². The molecule has 3 aliphatic carbocycles. The van der Waals surface area contributed by atoms with Crippen LogP contribution in [0.25, 0.3) is 44.5 Å². The minimum absolute atomic E-state index is 0.512. The van der Waals surface area contributed by atoms with Crippen LogP contribution in [0.1, 0.15) is 50.1 Å². The summed E-state index contributed by atoms with van der Waals surface area (Å²) in [7, 11) is 0. The summed E-state index contributed by atoms with van der Waals surface area (Å²) in [5, 5.41) is 0. The van der Waals surface area contributed by atoms with Gasteiger partial charge >= 0.3 is 0 Å². The Morgan fingerprint density at radius 1 is 0.290 bits per heavy atom. The van der Waals surface area contributed by atoms with Crippen LogP contribution < -0.4 is 4.90 Å². The standard InChI is InChI=1S/C68H47N/c1-2-3-24-58-57-27-12-15-30-61(57)68(64-33-18-16-31-62(64)67(63-32-17-19-34-65(63)68)59-28-13-10-25-55(59)56-26-11-14-29-60(56)67)66(58)51-39-45-54(46-40-51)69(52-41-35-49(36-42-52)47-20-6-4-7-21-47)53-43-37-50(38-44-53)48-22-8-5-9-23-48/h2-46H,1H2/b24-3-. The van der Waals surface area contributed by atoms with E-state index in [-0.39, 0.29) is 0 Å². The van der Waals surface area contributed by atoms with E-state index in [2.05, 4.69) is 278 Å². The lowest BCUT2D eigenvalue weighted by atomic mass is 9.51. The van der Waals surface area contributed by atoms with Crippen molar-refractivity contribution < 1.29 is 0 Å². The number of anilines is 3. The van der Waals surface area contributed by atoms with Crippen molar-refractivity contribution in [3.63, 3.8) is 0 Å². The molecule has 1 nitrogen and oxygen atoms in total. The minimum Gasteiger partial charge on any atom is -0.311 e. The van der Waals surface area contributed by atoms with Gasteiger partial charge in [-0.3, -0.25) is 0 Å². The second-order valence-electron chi connectivity index (χ2n) is 18.3. The molecule has 69 heavy (non-hydrogen) atoms.